The molecular weight excluding hydrogens is 218 g/mol. The number of benzene rings is 1. The zero-order valence-corrected chi connectivity index (χ0v) is 10.8. The molecule has 0 fully saturated rings. The maximum absolute atomic E-state index is 11.8. The Kier molecular flexibility index (Phi) is 4.66. The fourth-order valence-corrected chi connectivity index (χ4v) is 1.37. The van der Waals surface area contributed by atoms with Gasteiger partial charge in [-0.3, -0.25) is 0 Å². The third-order valence-corrected chi connectivity index (χ3v) is 2.21. The third kappa shape index (κ3) is 4.97. The molecule has 0 heterocycles. The molecule has 4 heteroatoms. The molecule has 0 aliphatic rings. The average Bonchev–Trinajstić information content (AvgIpc) is 2.27. The van der Waals surface area contributed by atoms with Crippen molar-refractivity contribution in [3.05, 3.63) is 35.9 Å². The maximum atomic E-state index is 11.8. The van der Waals surface area contributed by atoms with Crippen LogP contribution in [0.15, 0.2) is 30.3 Å². The quantitative estimate of drug-likeness (QED) is 0.443. The van der Waals surface area contributed by atoms with Crippen molar-refractivity contribution in [1.82, 2.24) is 0 Å². The fraction of sp³-hybridized carbons (Fsp3) is 0.462. The molecule has 0 amide bonds. The Hall–Kier alpha value is -1.39. The second-order valence-electron chi connectivity index (χ2n) is 4.91. The smallest absolute Gasteiger partial charge is 0.340 e. The Morgan fingerprint density at radius 3 is 2.29 bits per heavy atom. The van der Waals surface area contributed by atoms with E-state index >= 15 is 0 Å². The number of carbonyl (C=O) groups is 1. The van der Waals surface area contributed by atoms with E-state index in [9.17, 15) is 4.79 Å². The number of hydrogen-bond donors (Lipinski definition) is 0. The van der Waals surface area contributed by atoms with Crippen molar-refractivity contribution in [3.8, 4) is 0 Å². The van der Waals surface area contributed by atoms with E-state index in [4.69, 9.17) is 9.47 Å². The van der Waals surface area contributed by atoms with Crippen molar-refractivity contribution in [2.45, 2.75) is 6.29 Å². The summed E-state index contributed by atoms with van der Waals surface area (Å²) in [7, 11) is 7.59. The first-order chi connectivity index (χ1) is 7.92. The molecule has 1 rings (SSSR count). The van der Waals surface area contributed by atoms with Crippen LogP contribution in [0.2, 0.25) is 0 Å². The van der Waals surface area contributed by atoms with Crippen LogP contribution in [0.3, 0.4) is 0 Å². The van der Waals surface area contributed by atoms with Crippen molar-refractivity contribution in [3.63, 3.8) is 0 Å². The Balaban J connectivity index is 2.60. The van der Waals surface area contributed by atoms with Gasteiger partial charge in [-0.2, -0.15) is 0 Å². The van der Waals surface area contributed by atoms with Crippen LogP contribution in [0.1, 0.15) is 10.4 Å². The molecule has 0 radical (unpaired) electrons. The van der Waals surface area contributed by atoms with E-state index in [1.165, 1.54) is 0 Å². The molecule has 0 spiro atoms. The van der Waals surface area contributed by atoms with E-state index in [0.29, 0.717) is 16.6 Å². The lowest BCUT2D eigenvalue weighted by atomic mass is 10.2. The molecule has 0 aliphatic heterocycles. The first kappa shape index (κ1) is 13.7. The van der Waals surface area contributed by atoms with Gasteiger partial charge in [0.15, 0.2) is 0 Å². The number of quaternary nitrogens is 1. The summed E-state index contributed by atoms with van der Waals surface area (Å²) in [6.07, 6.45) is -0.525. The van der Waals surface area contributed by atoms with Gasteiger partial charge in [-0.1, -0.05) is 18.2 Å². The molecular formula is C13H20NO3+. The minimum Gasteiger partial charge on any atom is -0.426 e. The van der Waals surface area contributed by atoms with Gasteiger partial charge in [0, 0.05) is 7.11 Å². The number of carbonyl (C=O) groups excluding carboxylic acids is 1. The van der Waals surface area contributed by atoms with Gasteiger partial charge in [-0.25, -0.2) is 4.79 Å². The number of rotatable bonds is 5. The number of likely N-dealkylation sites (N-methyl/N-ethyl adjacent to an activating group) is 1. The third-order valence-electron chi connectivity index (χ3n) is 2.21. The summed E-state index contributed by atoms with van der Waals surface area (Å²) in [5.74, 6) is -0.356. The summed E-state index contributed by atoms with van der Waals surface area (Å²) in [4.78, 5) is 11.8. The fourth-order valence-electron chi connectivity index (χ4n) is 1.37. The normalized spacial score (nSPS) is 13.2. The van der Waals surface area contributed by atoms with Crippen molar-refractivity contribution in [2.24, 2.45) is 0 Å². The highest BCUT2D eigenvalue weighted by molar-refractivity contribution is 5.89. The van der Waals surface area contributed by atoms with E-state index in [2.05, 4.69) is 0 Å². The second kappa shape index (κ2) is 5.80. The standard InChI is InChI=1S/C13H20NO3/c1-14(2,3)10-12(16-4)17-13(15)11-8-6-5-7-9-11/h5-9,12H,10H2,1-4H3/q+1. The van der Waals surface area contributed by atoms with Crippen LogP contribution in [0.4, 0.5) is 0 Å². The first-order valence-corrected chi connectivity index (χ1v) is 5.51. The van der Waals surface area contributed by atoms with E-state index in [1.54, 1.807) is 31.4 Å². The van der Waals surface area contributed by atoms with E-state index < -0.39 is 6.29 Å². The molecule has 17 heavy (non-hydrogen) atoms. The Morgan fingerprint density at radius 1 is 1.24 bits per heavy atom. The Labute approximate surface area is 102 Å². The van der Waals surface area contributed by atoms with Gasteiger partial charge in [0.25, 0.3) is 6.29 Å². The molecule has 0 bridgehead atoms. The van der Waals surface area contributed by atoms with Crippen molar-refractivity contribution >= 4 is 5.97 Å². The number of esters is 1. The number of nitrogens with zero attached hydrogens (tertiary/aromatic N) is 1. The first-order valence-electron chi connectivity index (χ1n) is 5.51. The van der Waals surface area contributed by atoms with Crippen molar-refractivity contribution < 1.29 is 18.8 Å². The van der Waals surface area contributed by atoms with Crippen LogP contribution in [-0.2, 0) is 9.47 Å². The van der Waals surface area contributed by atoms with Crippen molar-refractivity contribution in [2.75, 3.05) is 34.8 Å². The lowest BCUT2D eigenvalue weighted by Crippen LogP contribution is -2.43. The topological polar surface area (TPSA) is 35.5 Å². The molecule has 0 aliphatic carbocycles. The lowest BCUT2D eigenvalue weighted by Gasteiger charge is -2.27. The summed E-state index contributed by atoms with van der Waals surface area (Å²) in [5, 5.41) is 0. The highest BCUT2D eigenvalue weighted by Crippen LogP contribution is 2.06. The van der Waals surface area contributed by atoms with Gasteiger partial charge < -0.3 is 14.0 Å². The van der Waals surface area contributed by atoms with Gasteiger partial charge in [-0.15, -0.1) is 0 Å². The van der Waals surface area contributed by atoms with Crippen LogP contribution >= 0.6 is 0 Å². The SMILES string of the molecule is COC(C[N+](C)(C)C)OC(=O)c1ccccc1. The van der Waals surface area contributed by atoms with Crippen LogP contribution in [0.5, 0.6) is 0 Å². The molecule has 0 aromatic heterocycles. The monoisotopic (exact) mass is 238 g/mol. The highest BCUT2D eigenvalue weighted by Gasteiger charge is 2.22. The average molecular weight is 238 g/mol. The number of methoxy groups -OCH3 is 1. The Bertz CT molecular complexity index is 357. The van der Waals surface area contributed by atoms with Gasteiger partial charge in [0.1, 0.15) is 6.54 Å². The number of ether oxygens (including phenoxy) is 2. The molecule has 0 saturated carbocycles. The van der Waals surface area contributed by atoms with E-state index in [1.807, 2.05) is 27.2 Å². The molecule has 0 N–H and O–H groups in total. The second-order valence-corrected chi connectivity index (χ2v) is 4.91. The lowest BCUT2D eigenvalue weighted by molar-refractivity contribution is -0.876. The number of hydrogen-bond acceptors (Lipinski definition) is 3. The van der Waals surface area contributed by atoms with Crippen LogP contribution < -0.4 is 0 Å². The van der Waals surface area contributed by atoms with Gasteiger partial charge in [-0.05, 0) is 12.1 Å². The summed E-state index contributed by atoms with van der Waals surface area (Å²) >= 11 is 0. The largest absolute Gasteiger partial charge is 0.426 e. The molecule has 1 atom stereocenters. The summed E-state index contributed by atoms with van der Waals surface area (Å²) in [6, 6.07) is 8.91. The van der Waals surface area contributed by atoms with Crippen LogP contribution in [0, 0.1) is 0 Å². The predicted octanol–water partition coefficient (Wildman–Crippen LogP) is 1.52. The van der Waals surface area contributed by atoms with E-state index in [-0.39, 0.29) is 5.97 Å². The minimum absolute atomic E-state index is 0.356. The molecule has 1 aromatic rings. The Morgan fingerprint density at radius 2 is 1.82 bits per heavy atom. The van der Waals surface area contributed by atoms with E-state index in [0.717, 1.165) is 0 Å². The molecule has 4 nitrogen and oxygen atoms in total. The zero-order valence-electron chi connectivity index (χ0n) is 10.8. The maximum Gasteiger partial charge on any atom is 0.340 e. The highest BCUT2D eigenvalue weighted by atomic mass is 16.7. The van der Waals surface area contributed by atoms with Crippen molar-refractivity contribution in [1.29, 1.82) is 0 Å². The van der Waals surface area contributed by atoms with Gasteiger partial charge >= 0.3 is 5.97 Å². The summed E-state index contributed by atoms with van der Waals surface area (Å²) in [5.41, 5.74) is 0.538. The summed E-state index contributed by atoms with van der Waals surface area (Å²) < 4.78 is 11.1. The van der Waals surface area contributed by atoms with Crippen LogP contribution in [-0.4, -0.2) is 51.5 Å². The zero-order chi connectivity index (χ0) is 12.9. The van der Waals surface area contributed by atoms with Crippen LogP contribution in [0.25, 0.3) is 0 Å². The molecule has 94 valence electrons. The molecule has 1 unspecified atom stereocenters. The predicted molar refractivity (Wildman–Crippen MR) is 65.6 cm³/mol. The minimum atomic E-state index is -0.525. The molecule has 1 aromatic carbocycles. The van der Waals surface area contributed by atoms with Gasteiger partial charge in [0.2, 0.25) is 0 Å². The van der Waals surface area contributed by atoms with Gasteiger partial charge in [0.05, 0.1) is 26.7 Å². The summed E-state index contributed by atoms with van der Waals surface area (Å²) in [6.45, 7) is 0.606. The molecule has 0 saturated heterocycles.